The van der Waals surface area contributed by atoms with Crippen LogP contribution in [-0.2, 0) is 14.4 Å². The average Bonchev–Trinajstić information content (AvgIpc) is 2.81. The molecule has 6 heteroatoms. The summed E-state index contributed by atoms with van der Waals surface area (Å²) in [6.07, 6.45) is 4.41. The van der Waals surface area contributed by atoms with E-state index >= 15 is 0 Å². The van der Waals surface area contributed by atoms with E-state index < -0.39 is 18.1 Å². The standard InChI is InChI=1S/C26H34N2O4/c1-4-6-8-13-25(30)28(3)24-16-20(19-11-9-7-10-12-19)14-15-22(24)23(17-26(31)32)27-21(5-2)18-29/h7,9-12,14-16,18,21,23,27H,4-6,8,13,17H2,1-3H3,(H,31,32). The van der Waals surface area contributed by atoms with E-state index in [2.05, 4.69) is 12.2 Å². The van der Waals surface area contributed by atoms with Gasteiger partial charge in [0.2, 0.25) is 5.91 Å². The lowest BCUT2D eigenvalue weighted by molar-refractivity contribution is -0.137. The molecular formula is C26H34N2O4. The third-order valence-corrected chi connectivity index (χ3v) is 5.64. The first kappa shape index (κ1) is 25.3. The van der Waals surface area contributed by atoms with Gasteiger partial charge in [-0.15, -0.1) is 0 Å². The smallest absolute Gasteiger partial charge is 0.305 e. The summed E-state index contributed by atoms with van der Waals surface area (Å²) >= 11 is 0. The van der Waals surface area contributed by atoms with Crippen LogP contribution in [0.15, 0.2) is 48.5 Å². The minimum Gasteiger partial charge on any atom is -0.481 e. The van der Waals surface area contributed by atoms with Gasteiger partial charge in [0.1, 0.15) is 6.29 Å². The quantitative estimate of drug-likeness (QED) is 0.340. The Hall–Kier alpha value is -2.99. The van der Waals surface area contributed by atoms with Gasteiger partial charge in [-0.25, -0.2) is 0 Å². The molecule has 0 aromatic heterocycles. The van der Waals surface area contributed by atoms with Crippen molar-refractivity contribution in [3.8, 4) is 11.1 Å². The largest absolute Gasteiger partial charge is 0.481 e. The number of anilines is 1. The number of nitrogens with zero attached hydrogens (tertiary/aromatic N) is 1. The molecule has 2 aromatic rings. The van der Waals surface area contributed by atoms with Crippen molar-refractivity contribution in [2.45, 2.75) is 64.5 Å². The lowest BCUT2D eigenvalue weighted by Crippen LogP contribution is -2.36. The molecule has 0 saturated heterocycles. The Morgan fingerprint density at radius 1 is 1.06 bits per heavy atom. The van der Waals surface area contributed by atoms with E-state index in [1.54, 1.807) is 11.9 Å². The van der Waals surface area contributed by atoms with E-state index in [0.29, 0.717) is 24.1 Å². The van der Waals surface area contributed by atoms with Crippen molar-refractivity contribution in [2.75, 3.05) is 11.9 Å². The van der Waals surface area contributed by atoms with Gasteiger partial charge < -0.3 is 20.1 Å². The minimum absolute atomic E-state index is 0.0126. The van der Waals surface area contributed by atoms with Gasteiger partial charge in [-0.3, -0.25) is 9.59 Å². The number of hydrogen-bond acceptors (Lipinski definition) is 4. The Morgan fingerprint density at radius 2 is 1.78 bits per heavy atom. The van der Waals surface area contributed by atoms with Gasteiger partial charge in [0.25, 0.3) is 0 Å². The Morgan fingerprint density at radius 3 is 2.38 bits per heavy atom. The predicted molar refractivity (Wildman–Crippen MR) is 128 cm³/mol. The van der Waals surface area contributed by atoms with Crippen LogP contribution in [0.4, 0.5) is 5.69 Å². The van der Waals surface area contributed by atoms with Crippen LogP contribution in [-0.4, -0.2) is 36.4 Å². The SMILES string of the molecule is CCCCCC(=O)N(C)c1cc(-c2ccccc2)ccc1C(CC(=O)O)NC(C=O)CC. The van der Waals surface area contributed by atoms with Gasteiger partial charge in [-0.05, 0) is 35.6 Å². The van der Waals surface area contributed by atoms with Crippen molar-refractivity contribution in [1.29, 1.82) is 0 Å². The van der Waals surface area contributed by atoms with Crippen molar-refractivity contribution < 1.29 is 19.5 Å². The number of unbranched alkanes of at least 4 members (excludes halogenated alkanes) is 2. The Kier molecular flexibility index (Phi) is 10.1. The summed E-state index contributed by atoms with van der Waals surface area (Å²) in [7, 11) is 1.73. The zero-order chi connectivity index (χ0) is 23.5. The number of carbonyl (C=O) groups is 3. The summed E-state index contributed by atoms with van der Waals surface area (Å²) < 4.78 is 0. The summed E-state index contributed by atoms with van der Waals surface area (Å²) in [4.78, 5) is 37.6. The number of carboxylic acid groups (broad SMARTS) is 1. The van der Waals surface area contributed by atoms with Crippen LogP contribution >= 0.6 is 0 Å². The number of aliphatic carboxylic acids is 1. The van der Waals surface area contributed by atoms with Gasteiger partial charge in [-0.1, -0.05) is 69.2 Å². The maximum Gasteiger partial charge on any atom is 0.305 e. The van der Waals surface area contributed by atoms with Gasteiger partial charge in [0, 0.05) is 25.2 Å². The summed E-state index contributed by atoms with van der Waals surface area (Å²) in [5, 5.41) is 12.7. The number of nitrogens with one attached hydrogen (secondary N) is 1. The summed E-state index contributed by atoms with van der Waals surface area (Å²) in [6, 6.07) is 14.5. The molecule has 0 spiro atoms. The molecule has 0 fully saturated rings. The molecule has 0 heterocycles. The third kappa shape index (κ3) is 7.02. The summed E-state index contributed by atoms with van der Waals surface area (Å²) in [6.45, 7) is 3.96. The molecule has 0 radical (unpaired) electrons. The first-order chi connectivity index (χ1) is 15.4. The van der Waals surface area contributed by atoms with Crippen molar-refractivity contribution >= 4 is 23.9 Å². The average molecular weight is 439 g/mol. The Labute approximate surface area is 190 Å². The van der Waals surface area contributed by atoms with Crippen LogP contribution < -0.4 is 10.2 Å². The van der Waals surface area contributed by atoms with Gasteiger partial charge in [0.15, 0.2) is 0 Å². The monoisotopic (exact) mass is 438 g/mol. The van der Waals surface area contributed by atoms with Crippen molar-refractivity contribution in [1.82, 2.24) is 5.32 Å². The van der Waals surface area contributed by atoms with Crippen LogP contribution in [0.1, 0.15) is 64.0 Å². The molecule has 2 aromatic carbocycles. The minimum atomic E-state index is -0.974. The van der Waals surface area contributed by atoms with E-state index in [0.717, 1.165) is 36.7 Å². The van der Waals surface area contributed by atoms with Crippen LogP contribution in [0.2, 0.25) is 0 Å². The maximum atomic E-state index is 12.9. The summed E-state index contributed by atoms with van der Waals surface area (Å²) in [5.41, 5.74) is 3.30. The van der Waals surface area contributed by atoms with Crippen molar-refractivity contribution in [3.63, 3.8) is 0 Å². The molecule has 2 atom stereocenters. The molecular weight excluding hydrogens is 404 g/mol. The van der Waals surface area contributed by atoms with Crippen molar-refractivity contribution in [3.05, 3.63) is 54.1 Å². The van der Waals surface area contributed by atoms with Crippen LogP contribution in [0.3, 0.4) is 0 Å². The first-order valence-corrected chi connectivity index (χ1v) is 11.3. The fraction of sp³-hybridized carbons (Fsp3) is 0.423. The highest BCUT2D eigenvalue weighted by Crippen LogP contribution is 2.33. The first-order valence-electron chi connectivity index (χ1n) is 11.3. The molecule has 32 heavy (non-hydrogen) atoms. The number of amides is 1. The number of rotatable bonds is 13. The molecule has 6 nitrogen and oxygen atoms in total. The second kappa shape index (κ2) is 12.8. The number of benzene rings is 2. The molecule has 2 rings (SSSR count). The lowest BCUT2D eigenvalue weighted by atomic mass is 9.95. The van der Waals surface area contributed by atoms with E-state index in [9.17, 15) is 19.5 Å². The molecule has 172 valence electrons. The zero-order valence-corrected chi connectivity index (χ0v) is 19.2. The topological polar surface area (TPSA) is 86.7 Å². The lowest BCUT2D eigenvalue weighted by Gasteiger charge is -2.28. The number of carboxylic acids is 1. The van der Waals surface area contributed by atoms with Crippen LogP contribution in [0.25, 0.3) is 11.1 Å². The molecule has 0 aliphatic heterocycles. The normalized spacial score (nSPS) is 12.7. The van der Waals surface area contributed by atoms with E-state index in [1.807, 2.05) is 55.5 Å². The fourth-order valence-electron chi connectivity index (χ4n) is 3.71. The number of hydrogen-bond donors (Lipinski definition) is 2. The van der Waals surface area contributed by atoms with E-state index in [4.69, 9.17) is 0 Å². The van der Waals surface area contributed by atoms with Crippen molar-refractivity contribution in [2.24, 2.45) is 0 Å². The van der Waals surface area contributed by atoms with Crippen LogP contribution in [0, 0.1) is 0 Å². The number of carbonyl (C=O) groups excluding carboxylic acids is 2. The van der Waals surface area contributed by atoms with E-state index in [1.165, 1.54) is 0 Å². The number of aldehydes is 1. The maximum absolute atomic E-state index is 12.9. The molecule has 0 bridgehead atoms. The van der Waals surface area contributed by atoms with Gasteiger partial charge >= 0.3 is 5.97 Å². The molecule has 0 aliphatic carbocycles. The highest BCUT2D eigenvalue weighted by Gasteiger charge is 2.25. The van der Waals surface area contributed by atoms with E-state index in [-0.39, 0.29) is 12.3 Å². The molecule has 0 aliphatic rings. The molecule has 0 saturated carbocycles. The second-order valence-electron chi connectivity index (χ2n) is 8.02. The van der Waals surface area contributed by atoms with Gasteiger partial charge in [-0.2, -0.15) is 0 Å². The molecule has 2 unspecified atom stereocenters. The zero-order valence-electron chi connectivity index (χ0n) is 19.2. The van der Waals surface area contributed by atoms with Gasteiger partial charge in [0.05, 0.1) is 12.5 Å². The highest BCUT2D eigenvalue weighted by atomic mass is 16.4. The second-order valence-corrected chi connectivity index (χ2v) is 8.02. The van der Waals surface area contributed by atoms with Crippen LogP contribution in [0.5, 0.6) is 0 Å². The Bertz CT molecular complexity index is 898. The molecule has 1 amide bonds. The third-order valence-electron chi connectivity index (χ3n) is 5.64. The Balaban J connectivity index is 2.51. The fourth-order valence-corrected chi connectivity index (χ4v) is 3.71. The molecule has 2 N–H and O–H groups in total. The highest BCUT2D eigenvalue weighted by molar-refractivity contribution is 5.94. The predicted octanol–water partition coefficient (Wildman–Crippen LogP) is 4.98. The summed E-state index contributed by atoms with van der Waals surface area (Å²) in [5.74, 6) is -0.986.